The van der Waals surface area contributed by atoms with Gasteiger partial charge in [-0.2, -0.15) is 0 Å². The summed E-state index contributed by atoms with van der Waals surface area (Å²) in [5.74, 6) is 0.0628. The van der Waals surface area contributed by atoms with E-state index in [0.717, 1.165) is 0 Å². The van der Waals surface area contributed by atoms with Gasteiger partial charge in [0, 0.05) is 17.8 Å². The molecule has 8 heteroatoms. The molecule has 0 saturated carbocycles. The molecule has 0 fully saturated rings. The first-order valence-corrected chi connectivity index (χ1v) is 8.21. The number of hydrogen-bond acceptors (Lipinski definition) is 4. The van der Waals surface area contributed by atoms with Crippen LogP contribution in [0.25, 0.3) is 0 Å². The molecule has 5 nitrogen and oxygen atoms in total. The van der Waals surface area contributed by atoms with E-state index in [2.05, 4.69) is 9.71 Å². The summed E-state index contributed by atoms with van der Waals surface area (Å²) in [7, 11) is -3.86. The molecule has 1 aromatic carbocycles. The van der Waals surface area contributed by atoms with Gasteiger partial charge in [-0.05, 0) is 42.3 Å². The van der Waals surface area contributed by atoms with Crippen molar-refractivity contribution in [3.8, 4) is 0 Å². The topological polar surface area (TPSA) is 85.1 Å². The zero-order chi connectivity index (χ0) is 15.6. The van der Waals surface area contributed by atoms with Crippen LogP contribution in [0.4, 0.5) is 5.82 Å². The lowest BCUT2D eigenvalue weighted by Gasteiger charge is -2.13. The van der Waals surface area contributed by atoms with E-state index in [1.807, 2.05) is 0 Å². The number of halogens is 2. The molecule has 0 spiro atoms. The van der Waals surface area contributed by atoms with Crippen LogP contribution in [-0.4, -0.2) is 13.4 Å². The Morgan fingerprint density at radius 1 is 1.33 bits per heavy atom. The SMILES string of the molecule is Cc1c(CN)cc(Cl)cc1S(=O)(=O)Nc1ncccc1Cl. The van der Waals surface area contributed by atoms with E-state index in [0.29, 0.717) is 16.1 Å². The Labute approximate surface area is 133 Å². The molecular weight excluding hydrogens is 333 g/mol. The van der Waals surface area contributed by atoms with E-state index in [1.54, 1.807) is 25.1 Å². The Kier molecular flexibility index (Phi) is 4.73. The third-order valence-corrected chi connectivity index (χ3v) is 4.92. The fraction of sp³-hybridized carbons (Fsp3) is 0.154. The number of sulfonamides is 1. The second-order valence-electron chi connectivity index (χ2n) is 4.33. The summed E-state index contributed by atoms with van der Waals surface area (Å²) in [6.45, 7) is 1.87. The lowest BCUT2D eigenvalue weighted by molar-refractivity contribution is 0.600. The second kappa shape index (κ2) is 6.19. The van der Waals surface area contributed by atoms with Gasteiger partial charge in [0.15, 0.2) is 5.82 Å². The average Bonchev–Trinajstić information content (AvgIpc) is 2.43. The Bertz CT molecular complexity index is 779. The number of nitrogens with zero attached hydrogens (tertiary/aromatic N) is 1. The molecule has 2 aromatic rings. The third-order valence-electron chi connectivity index (χ3n) is 2.93. The number of nitrogens with one attached hydrogen (secondary N) is 1. The second-order valence-corrected chi connectivity index (χ2v) is 6.83. The highest BCUT2D eigenvalue weighted by atomic mass is 35.5. The minimum Gasteiger partial charge on any atom is -0.326 e. The van der Waals surface area contributed by atoms with Crippen molar-refractivity contribution in [1.29, 1.82) is 0 Å². The van der Waals surface area contributed by atoms with Crippen molar-refractivity contribution in [3.63, 3.8) is 0 Å². The number of benzene rings is 1. The lowest BCUT2D eigenvalue weighted by atomic mass is 10.1. The van der Waals surface area contributed by atoms with Crippen molar-refractivity contribution in [1.82, 2.24) is 4.98 Å². The van der Waals surface area contributed by atoms with Gasteiger partial charge in [0.05, 0.1) is 9.92 Å². The number of rotatable bonds is 4. The van der Waals surface area contributed by atoms with Gasteiger partial charge in [-0.3, -0.25) is 4.72 Å². The fourth-order valence-corrected chi connectivity index (χ4v) is 3.72. The number of pyridine rings is 1. The third kappa shape index (κ3) is 3.47. The quantitative estimate of drug-likeness (QED) is 0.891. The Morgan fingerprint density at radius 3 is 2.67 bits per heavy atom. The van der Waals surface area contributed by atoms with E-state index in [1.165, 1.54) is 12.3 Å². The maximum Gasteiger partial charge on any atom is 0.263 e. The zero-order valence-electron chi connectivity index (χ0n) is 11.1. The fourth-order valence-electron chi connectivity index (χ4n) is 1.84. The monoisotopic (exact) mass is 345 g/mol. The van der Waals surface area contributed by atoms with Crippen LogP contribution in [0.1, 0.15) is 11.1 Å². The van der Waals surface area contributed by atoms with Gasteiger partial charge >= 0.3 is 0 Å². The van der Waals surface area contributed by atoms with Gasteiger partial charge in [0.2, 0.25) is 0 Å². The van der Waals surface area contributed by atoms with Crippen molar-refractivity contribution in [2.24, 2.45) is 5.73 Å². The highest BCUT2D eigenvalue weighted by molar-refractivity contribution is 7.92. The molecule has 0 bridgehead atoms. The predicted octanol–water partition coefficient (Wildman–Crippen LogP) is 2.96. The number of nitrogens with two attached hydrogens (primary N) is 1. The number of anilines is 1. The van der Waals surface area contributed by atoms with Crippen molar-refractivity contribution in [2.75, 3.05) is 4.72 Å². The largest absolute Gasteiger partial charge is 0.326 e. The molecule has 0 unspecified atom stereocenters. The number of aromatic nitrogens is 1. The first kappa shape index (κ1) is 16.0. The summed E-state index contributed by atoms with van der Waals surface area (Å²) in [5, 5.41) is 0.508. The molecule has 0 saturated heterocycles. The summed E-state index contributed by atoms with van der Waals surface area (Å²) < 4.78 is 27.3. The molecule has 1 aromatic heterocycles. The lowest BCUT2D eigenvalue weighted by Crippen LogP contribution is -2.16. The molecule has 1 heterocycles. The van der Waals surface area contributed by atoms with E-state index in [9.17, 15) is 8.42 Å². The van der Waals surface area contributed by atoms with Crippen LogP contribution < -0.4 is 10.5 Å². The van der Waals surface area contributed by atoms with Crippen LogP contribution in [-0.2, 0) is 16.6 Å². The normalized spacial score (nSPS) is 11.4. The van der Waals surface area contributed by atoms with Crippen molar-refractivity contribution in [2.45, 2.75) is 18.4 Å². The predicted molar refractivity (Wildman–Crippen MR) is 84.1 cm³/mol. The summed E-state index contributed by atoms with van der Waals surface area (Å²) in [6.07, 6.45) is 1.44. The van der Waals surface area contributed by atoms with E-state index >= 15 is 0 Å². The van der Waals surface area contributed by atoms with Crippen molar-refractivity contribution in [3.05, 3.63) is 51.6 Å². The molecule has 112 valence electrons. The van der Waals surface area contributed by atoms with Gasteiger partial charge in [0.25, 0.3) is 10.0 Å². The van der Waals surface area contributed by atoms with Crippen LogP contribution in [0, 0.1) is 6.92 Å². The van der Waals surface area contributed by atoms with Crippen LogP contribution in [0.5, 0.6) is 0 Å². The summed E-state index contributed by atoms with van der Waals surface area (Å²) in [5.41, 5.74) is 6.81. The van der Waals surface area contributed by atoms with Gasteiger partial charge in [-0.25, -0.2) is 13.4 Å². The standard InChI is InChI=1S/C13H13Cl2N3O2S/c1-8-9(7-16)5-10(14)6-12(8)21(19,20)18-13-11(15)3-2-4-17-13/h2-6H,7,16H2,1H3,(H,17,18). The minimum atomic E-state index is -3.86. The highest BCUT2D eigenvalue weighted by Crippen LogP contribution is 2.27. The summed E-state index contributed by atoms with van der Waals surface area (Å²) in [4.78, 5) is 3.96. The van der Waals surface area contributed by atoms with E-state index in [4.69, 9.17) is 28.9 Å². The van der Waals surface area contributed by atoms with Crippen molar-refractivity contribution < 1.29 is 8.42 Å². The van der Waals surface area contributed by atoms with Gasteiger partial charge in [-0.1, -0.05) is 23.2 Å². The Morgan fingerprint density at radius 2 is 2.05 bits per heavy atom. The first-order chi connectivity index (χ1) is 9.85. The van der Waals surface area contributed by atoms with Gasteiger partial charge in [-0.15, -0.1) is 0 Å². The Balaban J connectivity index is 2.50. The minimum absolute atomic E-state index is 0.0529. The highest BCUT2D eigenvalue weighted by Gasteiger charge is 2.21. The molecule has 3 N–H and O–H groups in total. The molecule has 0 radical (unpaired) electrons. The maximum atomic E-state index is 12.5. The molecule has 21 heavy (non-hydrogen) atoms. The molecule has 0 atom stereocenters. The number of hydrogen-bond donors (Lipinski definition) is 2. The molecule has 0 amide bonds. The van der Waals surface area contributed by atoms with Crippen LogP contribution in [0.2, 0.25) is 10.0 Å². The van der Waals surface area contributed by atoms with Crippen LogP contribution in [0.3, 0.4) is 0 Å². The van der Waals surface area contributed by atoms with E-state index < -0.39 is 10.0 Å². The molecule has 0 aliphatic heterocycles. The Hall–Kier alpha value is -1.34. The molecular formula is C13H13Cl2N3O2S. The van der Waals surface area contributed by atoms with Crippen LogP contribution >= 0.6 is 23.2 Å². The summed E-state index contributed by atoms with van der Waals surface area (Å²) in [6, 6.07) is 6.17. The van der Waals surface area contributed by atoms with Gasteiger partial charge in [0.1, 0.15) is 0 Å². The zero-order valence-corrected chi connectivity index (χ0v) is 13.4. The molecule has 0 aliphatic rings. The molecule has 2 rings (SSSR count). The van der Waals surface area contributed by atoms with Crippen molar-refractivity contribution >= 4 is 39.0 Å². The molecule has 0 aliphatic carbocycles. The maximum absolute atomic E-state index is 12.5. The average molecular weight is 346 g/mol. The van der Waals surface area contributed by atoms with Crippen LogP contribution in [0.15, 0.2) is 35.4 Å². The summed E-state index contributed by atoms with van der Waals surface area (Å²) >= 11 is 11.9. The van der Waals surface area contributed by atoms with Gasteiger partial charge < -0.3 is 5.73 Å². The first-order valence-electron chi connectivity index (χ1n) is 5.97. The van der Waals surface area contributed by atoms with E-state index in [-0.39, 0.29) is 22.3 Å². The smallest absolute Gasteiger partial charge is 0.263 e.